The molecule has 4 rings (SSSR count). The molecule has 1 aliphatic heterocycles. The molecule has 0 radical (unpaired) electrons. The second kappa shape index (κ2) is 8.08. The highest BCUT2D eigenvalue weighted by Crippen LogP contribution is 2.51. The van der Waals surface area contributed by atoms with Gasteiger partial charge in [-0.15, -0.1) is 0 Å². The summed E-state index contributed by atoms with van der Waals surface area (Å²) < 4.78 is 91.2. The van der Waals surface area contributed by atoms with Crippen LogP contribution in [-0.2, 0) is 16.5 Å². The quantitative estimate of drug-likeness (QED) is 0.511. The molecule has 0 amide bonds. The van der Waals surface area contributed by atoms with Crippen LogP contribution in [0.1, 0.15) is 31.9 Å². The van der Waals surface area contributed by atoms with Crippen molar-refractivity contribution < 1.29 is 31.1 Å². The summed E-state index contributed by atoms with van der Waals surface area (Å²) in [5.74, 6) is -4.64. The average Bonchev–Trinajstić information content (AvgIpc) is 3.25. The van der Waals surface area contributed by atoms with Gasteiger partial charge < -0.3 is 10.5 Å². The van der Waals surface area contributed by atoms with Crippen LogP contribution >= 0.6 is 0 Å². The van der Waals surface area contributed by atoms with Crippen molar-refractivity contribution >= 4 is 5.84 Å². The lowest BCUT2D eigenvalue weighted by Crippen LogP contribution is -2.56. The number of halogens is 6. The Hall–Kier alpha value is -3.41. The van der Waals surface area contributed by atoms with E-state index in [2.05, 4.69) is 15.0 Å². The first-order valence-corrected chi connectivity index (χ1v) is 10.4. The number of hydrogen-bond donors (Lipinski definition) is 1. The molecule has 0 fully saturated rings. The number of nitrogens with zero attached hydrogens (tertiary/aromatic N) is 4. The minimum Gasteiger partial charge on any atom is -0.385 e. The van der Waals surface area contributed by atoms with Gasteiger partial charge in [0.15, 0.2) is 5.54 Å². The lowest BCUT2D eigenvalue weighted by Gasteiger charge is -2.42. The molecule has 1 aromatic carbocycles. The molecule has 3 aromatic rings. The third kappa shape index (κ3) is 4.15. The Labute approximate surface area is 196 Å². The molecule has 186 valence electrons. The molecular weight excluding hydrogens is 476 g/mol. The summed E-state index contributed by atoms with van der Waals surface area (Å²) in [6.45, 7) is 3.10. The third-order valence-corrected chi connectivity index (χ3v) is 6.02. The topological polar surface area (TPSA) is 78.3 Å². The Morgan fingerprint density at radius 2 is 1.77 bits per heavy atom. The van der Waals surface area contributed by atoms with Crippen LogP contribution in [0.25, 0.3) is 17.1 Å². The van der Waals surface area contributed by atoms with Crippen molar-refractivity contribution in [3.05, 3.63) is 66.0 Å². The standard InChI is InChI=1S/C23H21F6N5O/c1-20(2)23(28,29)21(3,33-18(30)11-35-20)15-8-13(4-6-16(15)24)17-10-34(12-32-17)19-7-5-14(9-31-19)22(25,26)27/h4-10,12H,11H2,1-3H3,(H2,30,33). The number of nitrogens with two attached hydrogens (primary N) is 1. The molecule has 35 heavy (non-hydrogen) atoms. The van der Waals surface area contributed by atoms with E-state index >= 15 is 8.78 Å². The molecule has 12 heteroatoms. The van der Waals surface area contributed by atoms with Crippen molar-refractivity contribution in [2.24, 2.45) is 10.7 Å². The van der Waals surface area contributed by atoms with Gasteiger partial charge in [0.05, 0.1) is 11.3 Å². The normalized spacial score (nSPS) is 21.9. The molecule has 1 unspecified atom stereocenters. The van der Waals surface area contributed by atoms with Gasteiger partial charge in [-0.25, -0.2) is 23.1 Å². The van der Waals surface area contributed by atoms with Gasteiger partial charge >= 0.3 is 12.1 Å². The van der Waals surface area contributed by atoms with Crippen molar-refractivity contribution in [3.63, 3.8) is 0 Å². The second-order valence-corrected chi connectivity index (χ2v) is 8.81. The summed E-state index contributed by atoms with van der Waals surface area (Å²) in [4.78, 5) is 11.9. The first kappa shape index (κ1) is 24.7. The summed E-state index contributed by atoms with van der Waals surface area (Å²) in [6.07, 6.45) is -1.11. The van der Waals surface area contributed by atoms with Crippen molar-refractivity contribution in [2.45, 2.75) is 44.0 Å². The predicted molar refractivity (Wildman–Crippen MR) is 116 cm³/mol. The SMILES string of the molecule is CC1(C)OCC(N)=NC(C)(c2cc(-c3cn(-c4ccc(C(F)(F)F)cn4)cn3)ccc2F)C1(F)F. The molecule has 2 aromatic heterocycles. The molecule has 0 aliphatic carbocycles. The number of ether oxygens (including phenoxy) is 1. The molecule has 0 bridgehead atoms. The van der Waals surface area contributed by atoms with Gasteiger partial charge in [0.25, 0.3) is 0 Å². The zero-order valence-electron chi connectivity index (χ0n) is 18.9. The maximum absolute atomic E-state index is 15.6. The Morgan fingerprint density at radius 3 is 2.40 bits per heavy atom. The molecule has 0 saturated heterocycles. The highest BCUT2D eigenvalue weighted by Gasteiger charge is 2.63. The Kier molecular flexibility index (Phi) is 5.70. The number of imidazole rings is 1. The Balaban J connectivity index is 1.76. The van der Waals surface area contributed by atoms with E-state index < -0.39 is 40.2 Å². The summed E-state index contributed by atoms with van der Waals surface area (Å²) in [5, 5.41) is 0. The summed E-state index contributed by atoms with van der Waals surface area (Å²) in [6, 6.07) is 5.61. The number of alkyl halides is 5. The lowest BCUT2D eigenvalue weighted by atomic mass is 9.77. The summed E-state index contributed by atoms with van der Waals surface area (Å²) >= 11 is 0. The number of benzene rings is 1. The van der Waals surface area contributed by atoms with E-state index in [-0.39, 0.29) is 29.5 Å². The molecule has 1 aliphatic rings. The lowest BCUT2D eigenvalue weighted by molar-refractivity contribution is -0.214. The van der Waals surface area contributed by atoms with Crippen molar-refractivity contribution in [1.82, 2.24) is 14.5 Å². The largest absolute Gasteiger partial charge is 0.417 e. The smallest absolute Gasteiger partial charge is 0.385 e. The van der Waals surface area contributed by atoms with Gasteiger partial charge in [-0.3, -0.25) is 9.56 Å². The van der Waals surface area contributed by atoms with E-state index in [1.807, 2.05) is 0 Å². The first-order valence-electron chi connectivity index (χ1n) is 10.4. The summed E-state index contributed by atoms with van der Waals surface area (Å²) in [7, 11) is 0. The van der Waals surface area contributed by atoms with Crippen molar-refractivity contribution in [1.29, 1.82) is 0 Å². The Morgan fingerprint density at radius 1 is 1.06 bits per heavy atom. The van der Waals surface area contributed by atoms with E-state index in [4.69, 9.17) is 10.5 Å². The van der Waals surface area contributed by atoms with Crippen LogP contribution in [-0.4, -0.2) is 38.5 Å². The molecular formula is C23H21F6N5O. The number of pyridine rings is 1. The van der Waals surface area contributed by atoms with Crippen LogP contribution in [0.4, 0.5) is 26.3 Å². The van der Waals surface area contributed by atoms with Gasteiger partial charge in [0.2, 0.25) is 0 Å². The monoisotopic (exact) mass is 497 g/mol. The maximum atomic E-state index is 15.6. The maximum Gasteiger partial charge on any atom is 0.417 e. The molecule has 1 atom stereocenters. The minimum absolute atomic E-state index is 0.151. The molecule has 3 heterocycles. The minimum atomic E-state index is -4.53. The molecule has 6 nitrogen and oxygen atoms in total. The fraction of sp³-hybridized carbons (Fsp3) is 0.348. The fourth-order valence-corrected chi connectivity index (χ4v) is 3.91. The fourth-order valence-electron chi connectivity index (χ4n) is 3.91. The molecule has 0 spiro atoms. The number of hydrogen-bond acceptors (Lipinski definition) is 5. The highest BCUT2D eigenvalue weighted by molar-refractivity contribution is 5.82. The first-order chi connectivity index (χ1) is 16.2. The van der Waals surface area contributed by atoms with E-state index in [0.29, 0.717) is 6.20 Å². The van der Waals surface area contributed by atoms with E-state index in [0.717, 1.165) is 25.1 Å². The highest BCUT2D eigenvalue weighted by atomic mass is 19.4. The summed E-state index contributed by atoms with van der Waals surface area (Å²) in [5.41, 5.74) is 0.575. The molecule has 0 saturated carbocycles. The van der Waals surface area contributed by atoms with Gasteiger partial charge in [-0.1, -0.05) is 0 Å². The van der Waals surface area contributed by atoms with Crippen LogP contribution < -0.4 is 5.73 Å². The zero-order chi connectivity index (χ0) is 25.8. The number of aliphatic imine (C=N–C) groups is 1. The van der Waals surface area contributed by atoms with Gasteiger partial charge in [0, 0.05) is 23.5 Å². The van der Waals surface area contributed by atoms with Crippen molar-refractivity contribution in [3.8, 4) is 17.1 Å². The number of amidine groups is 1. The zero-order valence-corrected chi connectivity index (χ0v) is 18.9. The van der Waals surface area contributed by atoms with Crippen molar-refractivity contribution in [2.75, 3.05) is 6.61 Å². The van der Waals surface area contributed by atoms with Crippen LogP contribution in [0.5, 0.6) is 0 Å². The Bertz CT molecular complexity index is 1280. The van der Waals surface area contributed by atoms with E-state index in [1.54, 1.807) is 0 Å². The number of aromatic nitrogens is 3. The van der Waals surface area contributed by atoms with Gasteiger partial charge in [-0.2, -0.15) is 13.2 Å². The average molecular weight is 497 g/mol. The van der Waals surface area contributed by atoms with Gasteiger partial charge in [0.1, 0.15) is 36.0 Å². The van der Waals surface area contributed by atoms with Crippen LogP contribution in [0, 0.1) is 5.82 Å². The van der Waals surface area contributed by atoms with Crippen LogP contribution in [0.15, 0.2) is 54.0 Å². The second-order valence-electron chi connectivity index (χ2n) is 8.81. The predicted octanol–water partition coefficient (Wildman–Crippen LogP) is 5.11. The van der Waals surface area contributed by atoms with E-state index in [9.17, 15) is 17.6 Å². The van der Waals surface area contributed by atoms with Gasteiger partial charge in [-0.05, 0) is 51.1 Å². The third-order valence-electron chi connectivity index (χ3n) is 6.02. The van der Waals surface area contributed by atoms with Crippen LogP contribution in [0.2, 0.25) is 0 Å². The van der Waals surface area contributed by atoms with Crippen LogP contribution in [0.3, 0.4) is 0 Å². The molecule has 2 N–H and O–H groups in total. The van der Waals surface area contributed by atoms with E-state index in [1.165, 1.54) is 43.1 Å². The number of rotatable bonds is 3.